The van der Waals surface area contributed by atoms with E-state index >= 15 is 0 Å². The molecule has 0 amide bonds. The van der Waals surface area contributed by atoms with E-state index in [-0.39, 0.29) is 16.0 Å². The lowest BCUT2D eigenvalue weighted by molar-refractivity contribution is 0.121. The van der Waals surface area contributed by atoms with Crippen LogP contribution in [-0.2, 0) is 0 Å². The van der Waals surface area contributed by atoms with E-state index in [1.807, 2.05) is 0 Å². The summed E-state index contributed by atoms with van der Waals surface area (Å²) in [6.07, 6.45) is 2.75. The summed E-state index contributed by atoms with van der Waals surface area (Å²) in [6, 6.07) is 2.57. The summed E-state index contributed by atoms with van der Waals surface area (Å²) in [5.74, 6) is 1.18. The smallest absolute Gasteiger partial charge is 0.146 e. The van der Waals surface area contributed by atoms with Gasteiger partial charge in [-0.15, -0.1) is 0 Å². The van der Waals surface area contributed by atoms with Crippen molar-refractivity contribution in [1.82, 2.24) is 0 Å². The lowest BCUT2D eigenvalue weighted by Gasteiger charge is -2.17. The van der Waals surface area contributed by atoms with Gasteiger partial charge in [0.2, 0.25) is 0 Å². The molecule has 3 saturated carbocycles. The van der Waals surface area contributed by atoms with E-state index in [1.165, 1.54) is 31.4 Å². The summed E-state index contributed by atoms with van der Waals surface area (Å²) in [5.41, 5.74) is -0.145. The maximum Gasteiger partial charge on any atom is 0.146 e. The quantitative estimate of drug-likeness (QED) is 0.812. The zero-order valence-corrected chi connectivity index (χ0v) is 11.9. The third kappa shape index (κ3) is 1.59. The van der Waals surface area contributed by atoms with Crippen LogP contribution >= 0.6 is 15.9 Å². The number of hydrogen-bond donors (Lipinski definition) is 1. The molecule has 3 fully saturated rings. The number of aliphatic hydroxyl groups excluding tert-OH is 1. The lowest BCUT2D eigenvalue weighted by atomic mass is 9.94. The van der Waals surface area contributed by atoms with Crippen LogP contribution < -0.4 is 0 Å². The van der Waals surface area contributed by atoms with Crippen molar-refractivity contribution < 1.29 is 13.9 Å². The predicted molar refractivity (Wildman–Crippen MR) is 70.3 cm³/mol. The Labute approximate surface area is 119 Å². The molecule has 0 aromatic heterocycles. The van der Waals surface area contributed by atoms with Gasteiger partial charge in [0.25, 0.3) is 0 Å². The van der Waals surface area contributed by atoms with E-state index in [0.717, 1.165) is 0 Å². The van der Waals surface area contributed by atoms with Gasteiger partial charge in [-0.2, -0.15) is 0 Å². The Morgan fingerprint density at radius 2 is 1.79 bits per heavy atom. The van der Waals surface area contributed by atoms with Gasteiger partial charge in [0.15, 0.2) is 0 Å². The summed E-state index contributed by atoms with van der Waals surface area (Å²) >= 11 is 3.06. The molecule has 3 aliphatic carbocycles. The molecule has 1 nitrogen and oxygen atoms in total. The minimum atomic E-state index is -0.990. The molecule has 0 aliphatic heterocycles. The molecule has 5 unspecified atom stereocenters. The van der Waals surface area contributed by atoms with Crippen LogP contribution in [0.4, 0.5) is 8.78 Å². The van der Waals surface area contributed by atoms with Crippen LogP contribution in [0.3, 0.4) is 0 Å². The molecule has 0 saturated heterocycles. The SMILES string of the molecule is OC(c1c(F)ccc(Br)c1F)C1C2C3CCC(C3)C21. The highest BCUT2D eigenvalue weighted by molar-refractivity contribution is 9.10. The van der Waals surface area contributed by atoms with Crippen LogP contribution in [0.15, 0.2) is 16.6 Å². The Balaban J connectivity index is 1.66. The molecular weight excluding hydrogens is 314 g/mol. The van der Waals surface area contributed by atoms with Crippen molar-refractivity contribution in [2.75, 3.05) is 0 Å². The summed E-state index contributed by atoms with van der Waals surface area (Å²) in [5, 5.41) is 10.4. The first-order valence-electron chi connectivity index (χ1n) is 6.91. The number of aliphatic hydroxyl groups is 1. The maximum atomic E-state index is 14.0. The van der Waals surface area contributed by atoms with E-state index in [9.17, 15) is 13.9 Å². The van der Waals surface area contributed by atoms with Gasteiger partial charge >= 0.3 is 0 Å². The summed E-state index contributed by atoms with van der Waals surface area (Å²) in [6.45, 7) is 0. The summed E-state index contributed by atoms with van der Waals surface area (Å²) in [7, 11) is 0. The van der Waals surface area contributed by atoms with Crippen molar-refractivity contribution in [1.29, 1.82) is 0 Å². The molecule has 1 N–H and O–H groups in total. The number of rotatable bonds is 2. The van der Waals surface area contributed by atoms with Crippen LogP contribution in [0.2, 0.25) is 0 Å². The van der Waals surface area contributed by atoms with E-state index in [0.29, 0.717) is 23.7 Å². The zero-order chi connectivity index (χ0) is 13.3. The second kappa shape index (κ2) is 4.01. The molecule has 4 heteroatoms. The van der Waals surface area contributed by atoms with Crippen molar-refractivity contribution in [2.24, 2.45) is 29.6 Å². The van der Waals surface area contributed by atoms with Crippen molar-refractivity contribution in [3.05, 3.63) is 33.8 Å². The molecule has 5 atom stereocenters. The van der Waals surface area contributed by atoms with Gasteiger partial charge in [0, 0.05) is 0 Å². The zero-order valence-electron chi connectivity index (χ0n) is 10.3. The first-order valence-corrected chi connectivity index (χ1v) is 7.70. The topological polar surface area (TPSA) is 20.2 Å². The van der Waals surface area contributed by atoms with Gasteiger partial charge in [0.05, 0.1) is 16.1 Å². The molecule has 3 aliphatic rings. The minimum absolute atomic E-state index is 0.0737. The van der Waals surface area contributed by atoms with Crippen LogP contribution in [0.5, 0.6) is 0 Å². The second-order valence-electron chi connectivity index (χ2n) is 6.27. The van der Waals surface area contributed by atoms with Gasteiger partial charge in [-0.1, -0.05) is 0 Å². The Hall–Kier alpha value is -0.480. The molecule has 4 rings (SSSR count). The number of halogens is 3. The summed E-state index contributed by atoms with van der Waals surface area (Å²) < 4.78 is 28.1. The Morgan fingerprint density at radius 3 is 2.42 bits per heavy atom. The molecule has 1 aromatic rings. The fourth-order valence-electron chi connectivity index (χ4n) is 4.82. The largest absolute Gasteiger partial charge is 0.388 e. The molecule has 102 valence electrons. The van der Waals surface area contributed by atoms with E-state index in [1.54, 1.807) is 0 Å². The first kappa shape index (κ1) is 12.3. The molecule has 1 aromatic carbocycles. The van der Waals surface area contributed by atoms with Gasteiger partial charge < -0.3 is 5.11 Å². The van der Waals surface area contributed by atoms with Crippen LogP contribution in [0.25, 0.3) is 0 Å². The summed E-state index contributed by atoms with van der Waals surface area (Å²) in [4.78, 5) is 0. The molecular formula is C15H15BrF2O. The third-order valence-electron chi connectivity index (χ3n) is 5.53. The second-order valence-corrected chi connectivity index (χ2v) is 7.12. The highest BCUT2D eigenvalue weighted by atomic mass is 79.9. The van der Waals surface area contributed by atoms with Crippen LogP contribution in [0, 0.1) is 41.2 Å². The van der Waals surface area contributed by atoms with E-state index < -0.39 is 17.7 Å². The molecule has 0 radical (unpaired) electrons. The molecule has 19 heavy (non-hydrogen) atoms. The lowest BCUT2D eigenvalue weighted by Crippen LogP contribution is -2.12. The normalized spacial score (nSPS) is 40.3. The minimum Gasteiger partial charge on any atom is -0.388 e. The fourth-order valence-corrected chi connectivity index (χ4v) is 5.17. The van der Waals surface area contributed by atoms with Crippen molar-refractivity contribution in [2.45, 2.75) is 25.4 Å². The highest BCUT2D eigenvalue weighted by Gasteiger charge is 2.67. The monoisotopic (exact) mass is 328 g/mol. The average Bonchev–Trinajstić information content (AvgIpc) is 2.83. The van der Waals surface area contributed by atoms with Gasteiger partial charge in [-0.3, -0.25) is 0 Å². The van der Waals surface area contributed by atoms with Gasteiger partial charge in [-0.05, 0) is 76.9 Å². The molecule has 0 spiro atoms. The predicted octanol–water partition coefficient (Wildman–Crippen LogP) is 4.05. The third-order valence-corrected chi connectivity index (χ3v) is 6.15. The van der Waals surface area contributed by atoms with Crippen LogP contribution in [0.1, 0.15) is 30.9 Å². The highest BCUT2D eigenvalue weighted by Crippen LogP contribution is 2.72. The van der Waals surface area contributed by atoms with Crippen molar-refractivity contribution in [3.63, 3.8) is 0 Å². The molecule has 2 bridgehead atoms. The Kier molecular flexibility index (Phi) is 2.59. The Morgan fingerprint density at radius 1 is 1.16 bits per heavy atom. The number of fused-ring (bicyclic) bond motifs is 5. The molecule has 0 heterocycles. The number of benzene rings is 1. The van der Waals surface area contributed by atoms with Crippen molar-refractivity contribution in [3.8, 4) is 0 Å². The maximum absolute atomic E-state index is 14.0. The average molecular weight is 329 g/mol. The number of hydrogen-bond acceptors (Lipinski definition) is 1. The van der Waals surface area contributed by atoms with E-state index in [4.69, 9.17) is 0 Å². The Bertz CT molecular complexity index is 531. The van der Waals surface area contributed by atoms with Crippen LogP contribution in [-0.4, -0.2) is 5.11 Å². The standard InChI is InChI=1S/C15H15BrF2O/c16-8-3-4-9(17)12(14(8)18)15(19)13-10-6-1-2-7(5-6)11(10)13/h3-4,6-7,10-11,13,15,19H,1-2,5H2. The van der Waals surface area contributed by atoms with Crippen molar-refractivity contribution >= 4 is 15.9 Å². The van der Waals surface area contributed by atoms with Gasteiger partial charge in [-0.25, -0.2) is 8.78 Å². The van der Waals surface area contributed by atoms with Gasteiger partial charge in [0.1, 0.15) is 11.6 Å². The van der Waals surface area contributed by atoms with E-state index in [2.05, 4.69) is 15.9 Å². The fraction of sp³-hybridized carbons (Fsp3) is 0.600. The first-order chi connectivity index (χ1) is 9.09.